The average molecular weight is 349 g/mol. The van der Waals surface area contributed by atoms with E-state index >= 15 is 0 Å². The van der Waals surface area contributed by atoms with Gasteiger partial charge in [-0.15, -0.1) is 13.2 Å². The van der Waals surface area contributed by atoms with Crippen LogP contribution in [0.15, 0.2) is 42.5 Å². The minimum Gasteiger partial charge on any atom is -0.405 e. The molecule has 24 heavy (non-hydrogen) atoms. The Balaban J connectivity index is 2.59. The Morgan fingerprint density at radius 1 is 0.875 bits per heavy atom. The van der Waals surface area contributed by atoms with Crippen LogP contribution in [0.3, 0.4) is 0 Å². The van der Waals surface area contributed by atoms with Crippen LogP contribution in [0.2, 0.25) is 0 Å². The molecule has 0 saturated heterocycles. The summed E-state index contributed by atoms with van der Waals surface area (Å²) in [4.78, 5) is 1.28. The maximum atomic E-state index is 13.2. The summed E-state index contributed by atoms with van der Waals surface area (Å²) >= 11 is 0. The maximum absolute atomic E-state index is 13.2. The van der Waals surface area contributed by atoms with Crippen LogP contribution < -0.4 is 9.64 Å². The van der Waals surface area contributed by atoms with Gasteiger partial charge in [0.1, 0.15) is 5.75 Å². The zero-order chi connectivity index (χ0) is 18.1. The zero-order valence-corrected chi connectivity index (χ0v) is 12.7. The summed E-state index contributed by atoms with van der Waals surface area (Å²) in [5.41, 5.74) is -1.12. The third-order valence-corrected chi connectivity index (χ3v) is 3.21. The molecule has 2 aromatic rings. The molecule has 0 atom stereocenters. The molecule has 0 unspecified atom stereocenters. The summed E-state index contributed by atoms with van der Waals surface area (Å²) in [6, 6.07) is 8.40. The SMILES string of the molecule is CN(C)c1ccc(-c2ccccc2OC(F)(F)F)cc1C(F)(F)F. The summed E-state index contributed by atoms with van der Waals surface area (Å²) < 4.78 is 81.0. The highest BCUT2D eigenvalue weighted by atomic mass is 19.4. The number of para-hydroxylation sites is 1. The summed E-state index contributed by atoms with van der Waals surface area (Å²) in [5, 5.41) is 0. The predicted octanol–water partition coefficient (Wildman–Crippen LogP) is 5.34. The number of nitrogens with zero attached hydrogens (tertiary/aromatic N) is 1. The Bertz CT molecular complexity index is 721. The number of rotatable bonds is 3. The average Bonchev–Trinajstić information content (AvgIpc) is 2.44. The van der Waals surface area contributed by atoms with Crippen LogP contribution in [0.4, 0.5) is 32.0 Å². The number of ether oxygens (including phenoxy) is 1. The maximum Gasteiger partial charge on any atom is 0.573 e. The number of hydrogen-bond donors (Lipinski definition) is 0. The first-order valence-electron chi connectivity index (χ1n) is 6.73. The monoisotopic (exact) mass is 349 g/mol. The van der Waals surface area contributed by atoms with Crippen molar-refractivity contribution in [3.63, 3.8) is 0 Å². The van der Waals surface area contributed by atoms with E-state index in [0.29, 0.717) is 0 Å². The summed E-state index contributed by atoms with van der Waals surface area (Å²) in [7, 11) is 2.90. The van der Waals surface area contributed by atoms with Gasteiger partial charge in [-0.1, -0.05) is 24.3 Å². The molecule has 2 rings (SSSR count). The highest BCUT2D eigenvalue weighted by molar-refractivity contribution is 5.74. The molecule has 0 spiro atoms. The molecule has 0 aliphatic carbocycles. The fourth-order valence-electron chi connectivity index (χ4n) is 2.24. The molecule has 130 valence electrons. The molecule has 0 aromatic heterocycles. The second-order valence-electron chi connectivity index (χ2n) is 5.17. The van der Waals surface area contributed by atoms with Crippen molar-refractivity contribution in [1.29, 1.82) is 0 Å². The van der Waals surface area contributed by atoms with Crippen molar-refractivity contribution in [2.45, 2.75) is 12.5 Å². The number of halogens is 6. The smallest absolute Gasteiger partial charge is 0.405 e. The molecule has 0 bridgehead atoms. The highest BCUT2D eigenvalue weighted by Gasteiger charge is 2.35. The molecule has 2 aromatic carbocycles. The lowest BCUT2D eigenvalue weighted by molar-refractivity contribution is -0.274. The number of hydrogen-bond acceptors (Lipinski definition) is 2. The van der Waals surface area contributed by atoms with Crippen LogP contribution in [0.5, 0.6) is 5.75 Å². The molecule has 0 N–H and O–H groups in total. The van der Waals surface area contributed by atoms with E-state index in [2.05, 4.69) is 4.74 Å². The first kappa shape index (κ1) is 18.0. The normalized spacial score (nSPS) is 12.2. The van der Waals surface area contributed by atoms with Crippen molar-refractivity contribution in [2.24, 2.45) is 0 Å². The Morgan fingerprint density at radius 3 is 2.04 bits per heavy atom. The Labute approximate surface area is 134 Å². The van der Waals surface area contributed by atoms with Gasteiger partial charge in [-0.25, -0.2) is 0 Å². The van der Waals surface area contributed by atoms with Gasteiger partial charge in [-0.2, -0.15) is 13.2 Å². The lowest BCUT2D eigenvalue weighted by Gasteiger charge is -2.21. The van der Waals surface area contributed by atoms with E-state index in [0.717, 1.165) is 12.1 Å². The van der Waals surface area contributed by atoms with Gasteiger partial charge in [0.25, 0.3) is 0 Å². The number of benzene rings is 2. The molecule has 0 radical (unpaired) electrons. The Morgan fingerprint density at radius 2 is 1.50 bits per heavy atom. The van der Waals surface area contributed by atoms with Crippen molar-refractivity contribution in [3.8, 4) is 16.9 Å². The quantitative estimate of drug-likeness (QED) is 0.694. The van der Waals surface area contributed by atoms with Gasteiger partial charge in [-0.05, 0) is 23.8 Å². The lowest BCUT2D eigenvalue weighted by atomic mass is 10.0. The largest absolute Gasteiger partial charge is 0.573 e. The minimum atomic E-state index is -4.94. The van der Waals surface area contributed by atoms with Crippen molar-refractivity contribution in [2.75, 3.05) is 19.0 Å². The van der Waals surface area contributed by atoms with E-state index < -0.39 is 23.9 Å². The van der Waals surface area contributed by atoms with Crippen LogP contribution in [0.1, 0.15) is 5.56 Å². The third kappa shape index (κ3) is 4.12. The van der Waals surface area contributed by atoms with Crippen LogP contribution in [0, 0.1) is 0 Å². The van der Waals surface area contributed by atoms with Gasteiger partial charge >= 0.3 is 12.5 Å². The van der Waals surface area contributed by atoms with Gasteiger partial charge in [-0.3, -0.25) is 0 Å². The summed E-state index contributed by atoms with van der Waals surface area (Å²) in [6.07, 6.45) is -9.58. The van der Waals surface area contributed by atoms with Gasteiger partial charge in [0.05, 0.1) is 5.56 Å². The number of alkyl halides is 6. The van der Waals surface area contributed by atoms with Crippen LogP contribution in [-0.2, 0) is 6.18 Å². The van der Waals surface area contributed by atoms with E-state index in [4.69, 9.17) is 0 Å². The van der Waals surface area contributed by atoms with E-state index in [9.17, 15) is 26.3 Å². The van der Waals surface area contributed by atoms with Crippen molar-refractivity contribution < 1.29 is 31.1 Å². The standard InChI is InChI=1S/C16H13F6NO/c1-23(2)13-8-7-10(9-12(13)15(17,18)19)11-5-3-4-6-14(11)24-16(20,21)22/h3-9H,1-2H3. The lowest BCUT2D eigenvalue weighted by Crippen LogP contribution is -2.18. The second-order valence-corrected chi connectivity index (χ2v) is 5.17. The van der Waals surface area contributed by atoms with Gasteiger partial charge < -0.3 is 9.64 Å². The Hall–Kier alpha value is -2.38. The molecule has 0 saturated carbocycles. The molecule has 8 heteroatoms. The van der Waals surface area contributed by atoms with Crippen molar-refractivity contribution in [3.05, 3.63) is 48.0 Å². The zero-order valence-electron chi connectivity index (χ0n) is 12.7. The van der Waals surface area contributed by atoms with Gasteiger partial charge in [0, 0.05) is 25.3 Å². The predicted molar refractivity (Wildman–Crippen MR) is 77.9 cm³/mol. The highest BCUT2D eigenvalue weighted by Crippen LogP contribution is 2.41. The van der Waals surface area contributed by atoms with Gasteiger partial charge in [0.15, 0.2) is 0 Å². The van der Waals surface area contributed by atoms with E-state index in [1.54, 1.807) is 0 Å². The molecule has 0 amide bonds. The summed E-state index contributed by atoms with van der Waals surface area (Å²) in [6.45, 7) is 0. The van der Waals surface area contributed by atoms with Crippen molar-refractivity contribution in [1.82, 2.24) is 0 Å². The fourth-order valence-corrected chi connectivity index (χ4v) is 2.24. The summed E-state index contributed by atoms with van der Waals surface area (Å²) in [5.74, 6) is -0.560. The molecule has 2 nitrogen and oxygen atoms in total. The third-order valence-electron chi connectivity index (χ3n) is 3.21. The fraction of sp³-hybridized carbons (Fsp3) is 0.250. The van der Waals surface area contributed by atoms with E-state index in [1.165, 1.54) is 49.3 Å². The Kier molecular flexibility index (Phi) is 4.68. The van der Waals surface area contributed by atoms with Gasteiger partial charge in [0.2, 0.25) is 0 Å². The second kappa shape index (κ2) is 6.26. The van der Waals surface area contributed by atoms with E-state index in [-0.39, 0.29) is 16.8 Å². The molecule has 0 aliphatic rings. The molecule has 0 aliphatic heterocycles. The first-order valence-corrected chi connectivity index (χ1v) is 6.73. The van der Waals surface area contributed by atoms with Crippen LogP contribution in [-0.4, -0.2) is 20.5 Å². The first-order chi connectivity index (χ1) is 11.0. The van der Waals surface area contributed by atoms with E-state index in [1.807, 2.05) is 0 Å². The van der Waals surface area contributed by atoms with Crippen molar-refractivity contribution >= 4 is 5.69 Å². The molecule has 0 fully saturated rings. The molecule has 0 heterocycles. The topological polar surface area (TPSA) is 12.5 Å². The molecular formula is C16H13F6NO. The minimum absolute atomic E-state index is 0.0206. The van der Waals surface area contributed by atoms with Crippen LogP contribution >= 0.6 is 0 Å². The molecular weight excluding hydrogens is 336 g/mol. The van der Waals surface area contributed by atoms with Crippen LogP contribution in [0.25, 0.3) is 11.1 Å². The number of anilines is 1.